The second kappa shape index (κ2) is 11.5. The molecule has 0 saturated heterocycles. The van der Waals surface area contributed by atoms with Gasteiger partial charge in [0, 0.05) is 60.1 Å². The van der Waals surface area contributed by atoms with Gasteiger partial charge in [0.05, 0.1) is 11.0 Å². The molecular formula is C49H28N4O2. The molecule has 55 heavy (non-hydrogen) atoms. The third kappa shape index (κ3) is 4.58. The lowest BCUT2D eigenvalue weighted by atomic mass is 10.1. The first kappa shape index (κ1) is 29.9. The van der Waals surface area contributed by atoms with Crippen molar-refractivity contribution in [3.05, 3.63) is 170 Å². The third-order valence-corrected chi connectivity index (χ3v) is 10.8. The Morgan fingerprint density at radius 1 is 0.345 bits per heavy atom. The highest BCUT2D eigenvalue weighted by Gasteiger charge is 2.19. The summed E-state index contributed by atoms with van der Waals surface area (Å²) in [5.74, 6) is 1.68. The Kier molecular flexibility index (Phi) is 6.24. The van der Waals surface area contributed by atoms with Crippen LogP contribution in [0.1, 0.15) is 0 Å². The van der Waals surface area contributed by atoms with Crippen molar-refractivity contribution in [2.45, 2.75) is 0 Å². The summed E-state index contributed by atoms with van der Waals surface area (Å²) in [6.45, 7) is 0. The maximum Gasteiger partial charge on any atom is 0.164 e. The summed E-state index contributed by atoms with van der Waals surface area (Å²) in [7, 11) is 0. The first-order valence-electron chi connectivity index (χ1n) is 18.3. The monoisotopic (exact) mass is 704 g/mol. The first-order valence-corrected chi connectivity index (χ1v) is 18.3. The Hall–Kier alpha value is -7.57. The molecule has 6 heteroatoms. The lowest BCUT2D eigenvalue weighted by molar-refractivity contribution is 0.668. The van der Waals surface area contributed by atoms with Crippen LogP contribution in [-0.4, -0.2) is 19.5 Å². The van der Waals surface area contributed by atoms with Crippen molar-refractivity contribution < 1.29 is 8.83 Å². The molecular weight excluding hydrogens is 677 g/mol. The van der Waals surface area contributed by atoms with Gasteiger partial charge in [-0.3, -0.25) is 0 Å². The van der Waals surface area contributed by atoms with Crippen LogP contribution in [0.3, 0.4) is 0 Å². The van der Waals surface area contributed by atoms with Crippen molar-refractivity contribution in [1.29, 1.82) is 0 Å². The maximum absolute atomic E-state index is 6.29. The molecule has 0 aliphatic rings. The minimum Gasteiger partial charge on any atom is -0.456 e. The van der Waals surface area contributed by atoms with Crippen LogP contribution in [0.25, 0.3) is 116 Å². The third-order valence-electron chi connectivity index (χ3n) is 10.8. The fraction of sp³-hybridized carbons (Fsp3) is 0. The van der Waals surface area contributed by atoms with Crippen LogP contribution in [0.15, 0.2) is 179 Å². The molecule has 12 aromatic rings. The fourth-order valence-corrected chi connectivity index (χ4v) is 8.28. The van der Waals surface area contributed by atoms with E-state index >= 15 is 0 Å². The predicted octanol–water partition coefficient (Wildman–Crippen LogP) is 12.9. The molecule has 0 aliphatic heterocycles. The van der Waals surface area contributed by atoms with Gasteiger partial charge in [-0.15, -0.1) is 0 Å². The Bertz CT molecular complexity index is 3380. The number of rotatable bonds is 4. The largest absolute Gasteiger partial charge is 0.456 e. The molecule has 0 bridgehead atoms. The summed E-state index contributed by atoms with van der Waals surface area (Å²) < 4.78 is 15.0. The summed E-state index contributed by atoms with van der Waals surface area (Å²) in [5, 5.41) is 9.08. The van der Waals surface area contributed by atoms with Crippen LogP contribution in [0.2, 0.25) is 0 Å². The van der Waals surface area contributed by atoms with E-state index in [1.54, 1.807) is 0 Å². The van der Waals surface area contributed by atoms with E-state index in [0.29, 0.717) is 17.5 Å². The van der Waals surface area contributed by atoms with E-state index in [-0.39, 0.29) is 0 Å². The molecule has 0 radical (unpaired) electrons. The average molecular weight is 705 g/mol. The fourth-order valence-electron chi connectivity index (χ4n) is 8.28. The number of para-hydroxylation sites is 3. The SMILES string of the molecule is c1cc(-c2nc(-c3ccc4c(c3)oc3ccccc34)nc(-c3ccc4c(c3)oc3ccccc34)n2)cc(-n2c3ccccc3c3ccc4ccccc4c32)c1. The van der Waals surface area contributed by atoms with Crippen LogP contribution in [-0.2, 0) is 0 Å². The van der Waals surface area contributed by atoms with E-state index in [9.17, 15) is 0 Å². The van der Waals surface area contributed by atoms with Crippen LogP contribution in [0, 0.1) is 0 Å². The Morgan fingerprint density at radius 2 is 0.855 bits per heavy atom. The molecule has 256 valence electrons. The number of aromatic nitrogens is 4. The molecule has 0 saturated carbocycles. The number of hydrogen-bond donors (Lipinski definition) is 0. The minimum atomic E-state index is 0.556. The zero-order valence-electron chi connectivity index (χ0n) is 29.3. The van der Waals surface area contributed by atoms with Crippen molar-refractivity contribution in [1.82, 2.24) is 19.5 Å². The van der Waals surface area contributed by atoms with Gasteiger partial charge in [-0.05, 0) is 60.0 Å². The Balaban J connectivity index is 1.08. The van der Waals surface area contributed by atoms with Gasteiger partial charge in [-0.25, -0.2) is 15.0 Å². The first-order chi connectivity index (χ1) is 27.2. The molecule has 0 N–H and O–H groups in total. The standard InChI is InChI=1S/C49H28N4O2/c1-2-13-34-29(10-1)20-25-40-35-14-3-6-17-41(35)53(46(34)40)33-12-9-11-30(26-33)47-50-48(31-21-23-38-36-15-4-7-18-42(36)54-44(38)27-31)52-49(51-47)32-22-24-39-37-16-5-8-19-43(37)55-45(39)28-32/h1-28H. The maximum atomic E-state index is 6.29. The van der Waals surface area contributed by atoms with E-state index in [1.165, 1.54) is 27.1 Å². The second-order valence-electron chi connectivity index (χ2n) is 14.0. The van der Waals surface area contributed by atoms with Gasteiger partial charge >= 0.3 is 0 Å². The normalized spacial score (nSPS) is 12.0. The minimum absolute atomic E-state index is 0.556. The topological polar surface area (TPSA) is 69.9 Å². The van der Waals surface area contributed by atoms with E-state index in [4.69, 9.17) is 23.8 Å². The van der Waals surface area contributed by atoms with Gasteiger partial charge in [-0.2, -0.15) is 0 Å². The molecule has 0 fully saturated rings. The highest BCUT2D eigenvalue weighted by Crippen LogP contribution is 2.38. The summed E-state index contributed by atoms with van der Waals surface area (Å²) in [5.41, 5.74) is 9.16. The molecule has 0 atom stereocenters. The smallest absolute Gasteiger partial charge is 0.164 e. The van der Waals surface area contributed by atoms with E-state index in [1.807, 2.05) is 48.5 Å². The predicted molar refractivity (Wildman–Crippen MR) is 223 cm³/mol. The van der Waals surface area contributed by atoms with Crippen LogP contribution in [0.4, 0.5) is 0 Å². The molecule has 8 aromatic carbocycles. The Labute approximate surface area is 313 Å². The summed E-state index contributed by atoms with van der Waals surface area (Å²) in [6.07, 6.45) is 0. The highest BCUT2D eigenvalue weighted by atomic mass is 16.3. The highest BCUT2D eigenvalue weighted by molar-refractivity contribution is 6.18. The molecule has 0 aliphatic carbocycles. The van der Waals surface area contributed by atoms with E-state index < -0.39 is 0 Å². The van der Waals surface area contributed by atoms with Gasteiger partial charge in [0.25, 0.3) is 0 Å². The van der Waals surface area contributed by atoms with Gasteiger partial charge in [0.2, 0.25) is 0 Å². The molecule has 6 nitrogen and oxygen atoms in total. The lowest BCUT2D eigenvalue weighted by Gasteiger charge is -2.12. The number of hydrogen-bond acceptors (Lipinski definition) is 5. The summed E-state index contributed by atoms with van der Waals surface area (Å²) >= 11 is 0. The number of fused-ring (bicyclic) bond motifs is 11. The zero-order chi connectivity index (χ0) is 36.0. The molecule has 0 spiro atoms. The second-order valence-corrected chi connectivity index (χ2v) is 14.0. The summed E-state index contributed by atoms with van der Waals surface area (Å²) in [4.78, 5) is 15.4. The number of nitrogens with zero attached hydrogens (tertiary/aromatic N) is 4. The van der Waals surface area contributed by atoms with Crippen molar-refractivity contribution in [3.8, 4) is 39.9 Å². The van der Waals surface area contributed by atoms with Gasteiger partial charge < -0.3 is 13.4 Å². The molecule has 0 unspecified atom stereocenters. The van der Waals surface area contributed by atoms with Crippen molar-refractivity contribution in [2.75, 3.05) is 0 Å². The molecule has 12 rings (SSSR count). The van der Waals surface area contributed by atoms with Gasteiger partial charge in [-0.1, -0.05) is 115 Å². The van der Waals surface area contributed by atoms with Crippen LogP contribution >= 0.6 is 0 Å². The average Bonchev–Trinajstić information content (AvgIpc) is 3.92. The van der Waals surface area contributed by atoms with E-state index in [2.05, 4.69) is 126 Å². The lowest BCUT2D eigenvalue weighted by Crippen LogP contribution is -2.01. The molecule has 4 heterocycles. The van der Waals surface area contributed by atoms with Crippen molar-refractivity contribution in [2.24, 2.45) is 0 Å². The van der Waals surface area contributed by atoms with Gasteiger partial charge in [0.15, 0.2) is 17.5 Å². The van der Waals surface area contributed by atoms with Gasteiger partial charge in [0.1, 0.15) is 22.3 Å². The van der Waals surface area contributed by atoms with Crippen LogP contribution < -0.4 is 0 Å². The van der Waals surface area contributed by atoms with Crippen molar-refractivity contribution in [3.63, 3.8) is 0 Å². The zero-order valence-corrected chi connectivity index (χ0v) is 29.3. The Morgan fingerprint density at radius 3 is 1.51 bits per heavy atom. The number of benzene rings is 8. The quantitative estimate of drug-likeness (QED) is 0.182. The van der Waals surface area contributed by atoms with Crippen LogP contribution in [0.5, 0.6) is 0 Å². The molecule has 0 amide bonds. The van der Waals surface area contributed by atoms with E-state index in [0.717, 1.165) is 71.8 Å². The summed E-state index contributed by atoms with van der Waals surface area (Å²) in [6, 6.07) is 58.7. The van der Waals surface area contributed by atoms with Crippen molar-refractivity contribution >= 4 is 76.5 Å². The molecule has 4 aromatic heterocycles. The number of furan rings is 2.